The van der Waals surface area contributed by atoms with Gasteiger partial charge in [0, 0.05) is 5.56 Å². The van der Waals surface area contributed by atoms with Gasteiger partial charge in [0.15, 0.2) is 11.5 Å². The maximum absolute atomic E-state index is 10.6. The van der Waals surface area contributed by atoms with Crippen LogP contribution < -0.4 is 0 Å². The van der Waals surface area contributed by atoms with Crippen molar-refractivity contribution in [2.45, 2.75) is 103 Å². The molecular weight excluding hydrogens is 368 g/mol. The maximum Gasteiger partial charge on any atom is 0.293 e. The highest BCUT2D eigenvalue weighted by Gasteiger charge is 2.44. The van der Waals surface area contributed by atoms with Gasteiger partial charge in [-0.15, -0.1) is 0 Å². The van der Waals surface area contributed by atoms with Crippen molar-refractivity contribution in [2.24, 2.45) is 5.41 Å². The first-order valence-electron chi connectivity index (χ1n) is 11.0. The molecule has 1 fully saturated rings. The molecule has 0 bridgehead atoms. The third-order valence-corrected chi connectivity index (χ3v) is 5.97. The molecule has 0 unspecified atom stereocenters. The van der Waals surface area contributed by atoms with Crippen LogP contribution >= 0.6 is 0 Å². The minimum atomic E-state index is -0.207. The molecule has 0 atom stereocenters. The Morgan fingerprint density at radius 1 is 0.966 bits per heavy atom. The lowest BCUT2D eigenvalue weighted by molar-refractivity contribution is -0.135. The molecule has 29 heavy (non-hydrogen) atoms. The van der Waals surface area contributed by atoms with E-state index in [9.17, 15) is 20.1 Å². The first-order valence-corrected chi connectivity index (χ1v) is 11.0. The number of hydrogen-bond acceptors (Lipinski definition) is 5. The summed E-state index contributed by atoms with van der Waals surface area (Å²) in [5.41, 5.74) is 1.27. The number of phenolic OH excluding ortho intramolecular Hbond substituents is 3. The van der Waals surface area contributed by atoms with Crippen molar-refractivity contribution in [3.05, 3.63) is 17.2 Å². The molecule has 0 aliphatic heterocycles. The van der Waals surface area contributed by atoms with E-state index in [1.54, 1.807) is 0 Å². The zero-order chi connectivity index (χ0) is 21.5. The van der Waals surface area contributed by atoms with Gasteiger partial charge in [0.05, 0.1) is 0 Å². The van der Waals surface area contributed by atoms with Crippen LogP contribution in [0.25, 0.3) is 0 Å². The van der Waals surface area contributed by atoms with Gasteiger partial charge in [-0.2, -0.15) is 0 Å². The summed E-state index contributed by atoms with van der Waals surface area (Å²) in [6.45, 7) is 7.23. The molecule has 5 heteroatoms. The van der Waals surface area contributed by atoms with E-state index in [1.165, 1.54) is 6.07 Å². The molecule has 0 spiro atoms. The molecule has 5 nitrogen and oxygen atoms in total. The Morgan fingerprint density at radius 3 is 2.24 bits per heavy atom. The standard InChI is InChI=1S/C24H38O5/c1-23(2,3)12-8-5-7-11-19-21(27)18(16-20(26)22(19)28)10-6-4-9-13-24(14-15-24)29-17-25/h16-17,26-28H,4-15H2,1-3H3. The summed E-state index contributed by atoms with van der Waals surface area (Å²) in [4.78, 5) is 10.5. The molecule has 1 aliphatic rings. The van der Waals surface area contributed by atoms with Gasteiger partial charge >= 0.3 is 0 Å². The van der Waals surface area contributed by atoms with E-state index >= 15 is 0 Å². The van der Waals surface area contributed by atoms with Gasteiger partial charge in [0.25, 0.3) is 6.47 Å². The Kier molecular flexibility index (Phi) is 8.23. The van der Waals surface area contributed by atoms with Gasteiger partial charge in [0.1, 0.15) is 11.4 Å². The number of benzene rings is 1. The fraction of sp³-hybridized carbons (Fsp3) is 0.708. The molecule has 164 valence electrons. The third kappa shape index (κ3) is 7.45. The summed E-state index contributed by atoms with van der Waals surface area (Å²) in [6, 6.07) is 1.48. The molecule has 1 aromatic carbocycles. The molecule has 3 N–H and O–H groups in total. The van der Waals surface area contributed by atoms with Crippen LogP contribution in [0.1, 0.15) is 96.1 Å². The summed E-state index contributed by atoms with van der Waals surface area (Å²) >= 11 is 0. The van der Waals surface area contributed by atoms with Gasteiger partial charge in [-0.1, -0.05) is 40.0 Å². The molecule has 0 saturated heterocycles. The quantitative estimate of drug-likeness (QED) is 0.168. The van der Waals surface area contributed by atoms with Crippen LogP contribution in [0.5, 0.6) is 17.2 Å². The summed E-state index contributed by atoms with van der Waals surface area (Å²) < 4.78 is 5.16. The smallest absolute Gasteiger partial charge is 0.293 e. The largest absolute Gasteiger partial charge is 0.507 e. The molecule has 1 saturated carbocycles. The van der Waals surface area contributed by atoms with E-state index in [0.717, 1.165) is 64.2 Å². The fourth-order valence-corrected chi connectivity index (χ4v) is 3.93. The predicted octanol–water partition coefficient (Wildman–Crippen LogP) is 5.76. The number of ether oxygens (including phenoxy) is 1. The van der Waals surface area contributed by atoms with Crippen LogP contribution in [-0.4, -0.2) is 27.4 Å². The van der Waals surface area contributed by atoms with Crippen LogP contribution in [-0.2, 0) is 22.4 Å². The van der Waals surface area contributed by atoms with E-state index in [4.69, 9.17) is 4.74 Å². The Morgan fingerprint density at radius 2 is 1.62 bits per heavy atom. The average Bonchev–Trinajstić information content (AvgIpc) is 3.40. The normalized spacial score (nSPS) is 15.3. The second kappa shape index (κ2) is 10.2. The number of phenols is 3. The summed E-state index contributed by atoms with van der Waals surface area (Å²) in [5.74, 6) is -0.221. The van der Waals surface area contributed by atoms with Crippen molar-refractivity contribution in [3.8, 4) is 17.2 Å². The molecule has 1 aliphatic carbocycles. The number of aryl methyl sites for hydroxylation is 1. The average molecular weight is 407 g/mol. The van der Waals surface area contributed by atoms with E-state index in [-0.39, 0.29) is 22.8 Å². The Bertz CT molecular complexity index is 671. The van der Waals surface area contributed by atoms with E-state index < -0.39 is 0 Å². The van der Waals surface area contributed by atoms with Crippen LogP contribution in [0.3, 0.4) is 0 Å². The van der Waals surface area contributed by atoms with Gasteiger partial charge in [-0.25, -0.2) is 0 Å². The number of carbonyl (C=O) groups is 1. The lowest BCUT2D eigenvalue weighted by Crippen LogP contribution is -2.12. The molecule has 1 aromatic rings. The van der Waals surface area contributed by atoms with E-state index in [1.807, 2.05) is 0 Å². The van der Waals surface area contributed by atoms with Crippen molar-refractivity contribution in [3.63, 3.8) is 0 Å². The minimum Gasteiger partial charge on any atom is -0.507 e. The van der Waals surface area contributed by atoms with Gasteiger partial charge in [-0.05, 0) is 74.8 Å². The number of rotatable bonds is 13. The van der Waals surface area contributed by atoms with E-state index in [0.29, 0.717) is 35.9 Å². The van der Waals surface area contributed by atoms with Crippen LogP contribution in [0.4, 0.5) is 0 Å². The molecule has 0 heterocycles. The van der Waals surface area contributed by atoms with Gasteiger partial charge in [0.2, 0.25) is 0 Å². The predicted molar refractivity (Wildman–Crippen MR) is 114 cm³/mol. The zero-order valence-corrected chi connectivity index (χ0v) is 18.3. The van der Waals surface area contributed by atoms with Gasteiger partial charge in [-0.3, -0.25) is 4.79 Å². The lowest BCUT2D eigenvalue weighted by atomic mass is 9.89. The minimum absolute atomic E-state index is 0.124. The van der Waals surface area contributed by atoms with Crippen LogP contribution in [0.15, 0.2) is 6.07 Å². The number of hydrogen-bond donors (Lipinski definition) is 3. The highest BCUT2D eigenvalue weighted by atomic mass is 16.5. The maximum atomic E-state index is 10.6. The first-order chi connectivity index (χ1) is 13.7. The van der Waals surface area contributed by atoms with Crippen LogP contribution in [0.2, 0.25) is 0 Å². The van der Waals surface area contributed by atoms with Crippen LogP contribution in [0, 0.1) is 5.41 Å². The molecule has 0 aromatic heterocycles. The number of aromatic hydroxyl groups is 3. The SMILES string of the molecule is CC(C)(C)CCCCCc1c(O)c(O)cc(CCCCCC2(OC=O)CC2)c1O. The molecular formula is C24H38O5. The lowest BCUT2D eigenvalue weighted by Gasteiger charge is -2.18. The molecule has 0 amide bonds. The second-order valence-electron chi connectivity index (χ2n) is 9.81. The zero-order valence-electron chi connectivity index (χ0n) is 18.3. The van der Waals surface area contributed by atoms with Crippen molar-refractivity contribution in [1.82, 2.24) is 0 Å². The fourth-order valence-electron chi connectivity index (χ4n) is 3.93. The van der Waals surface area contributed by atoms with Crippen molar-refractivity contribution >= 4 is 6.47 Å². The van der Waals surface area contributed by atoms with Crippen molar-refractivity contribution in [2.75, 3.05) is 0 Å². The van der Waals surface area contributed by atoms with E-state index in [2.05, 4.69) is 20.8 Å². The number of unbranched alkanes of at least 4 members (excludes halogenated alkanes) is 4. The highest BCUT2D eigenvalue weighted by Crippen LogP contribution is 2.44. The summed E-state index contributed by atoms with van der Waals surface area (Å²) in [6.07, 6.45) is 11.0. The summed E-state index contributed by atoms with van der Waals surface area (Å²) in [5, 5.41) is 30.9. The Hall–Kier alpha value is -1.91. The number of carbonyl (C=O) groups excluding carboxylic acids is 1. The topological polar surface area (TPSA) is 87.0 Å². The van der Waals surface area contributed by atoms with Crippen molar-refractivity contribution < 1.29 is 24.9 Å². The van der Waals surface area contributed by atoms with Crippen molar-refractivity contribution in [1.29, 1.82) is 0 Å². The molecule has 2 rings (SSSR count). The highest BCUT2D eigenvalue weighted by molar-refractivity contribution is 5.56. The monoisotopic (exact) mass is 406 g/mol. The molecule has 0 radical (unpaired) electrons. The summed E-state index contributed by atoms with van der Waals surface area (Å²) in [7, 11) is 0. The second-order valence-corrected chi connectivity index (χ2v) is 9.81. The third-order valence-electron chi connectivity index (χ3n) is 5.97. The van der Waals surface area contributed by atoms with Gasteiger partial charge < -0.3 is 20.1 Å². The Balaban J connectivity index is 1.81. The Labute approximate surface area is 175 Å². The first kappa shape index (κ1) is 23.4.